The maximum atomic E-state index is 3.55. The van der Waals surface area contributed by atoms with Gasteiger partial charge in [-0.1, -0.05) is 48.5 Å². The Morgan fingerprint density at radius 3 is 2.11 bits per heavy atom. The molecule has 0 amide bonds. The van der Waals surface area contributed by atoms with Crippen LogP contribution in [0, 0.1) is 0 Å². The van der Waals surface area contributed by atoms with Crippen LogP contribution in [0.15, 0.2) is 65.6 Å². The molecule has 3 heteroatoms. The highest BCUT2D eigenvalue weighted by atomic mass is 127. The van der Waals surface area contributed by atoms with Crippen molar-refractivity contribution in [3.05, 3.63) is 66.2 Å². The number of halogens is 1. The molecule has 0 saturated heterocycles. The average molecular weight is 369 g/mol. The highest BCUT2D eigenvalue weighted by molar-refractivity contribution is 14.0. The van der Waals surface area contributed by atoms with E-state index in [1.54, 1.807) is 0 Å². The molecule has 1 heterocycles. The third kappa shape index (κ3) is 2.84. The third-order valence-corrected chi connectivity index (χ3v) is 5.23. The summed E-state index contributed by atoms with van der Waals surface area (Å²) in [4.78, 5) is 2.84. The summed E-state index contributed by atoms with van der Waals surface area (Å²) >= 11 is 0. The van der Waals surface area contributed by atoms with Gasteiger partial charge < -0.3 is 0 Å². The molecule has 3 rings (SSSR count). The van der Waals surface area contributed by atoms with Crippen LogP contribution in [0.3, 0.4) is 0 Å². The lowest BCUT2D eigenvalue weighted by Crippen LogP contribution is -2.19. The molecule has 1 nitrogen and oxygen atoms in total. The lowest BCUT2D eigenvalue weighted by molar-refractivity contribution is 1.01. The summed E-state index contributed by atoms with van der Waals surface area (Å²) in [5, 5.41) is 3.55. The molecule has 0 saturated carbocycles. The van der Waals surface area contributed by atoms with Crippen LogP contribution in [0.4, 0.5) is 0 Å². The van der Waals surface area contributed by atoms with Crippen LogP contribution in [-0.4, -0.2) is 17.3 Å². The van der Waals surface area contributed by atoms with Gasteiger partial charge in [0.1, 0.15) is 0 Å². The summed E-state index contributed by atoms with van der Waals surface area (Å²) in [6.45, 7) is 1.09. The summed E-state index contributed by atoms with van der Waals surface area (Å²) < 4.78 is 0. The Morgan fingerprint density at radius 1 is 0.833 bits per heavy atom. The molecule has 1 unspecified atom stereocenters. The molecule has 0 bridgehead atoms. The normalized spacial score (nSPS) is 18.4. The van der Waals surface area contributed by atoms with E-state index in [0.717, 1.165) is 6.54 Å². The van der Waals surface area contributed by atoms with Crippen molar-refractivity contribution in [1.82, 2.24) is 5.32 Å². The molecule has 1 N–H and O–H groups in total. The van der Waals surface area contributed by atoms with E-state index >= 15 is 0 Å². The highest BCUT2D eigenvalue weighted by Crippen LogP contribution is 2.31. The van der Waals surface area contributed by atoms with E-state index in [4.69, 9.17) is 0 Å². The van der Waals surface area contributed by atoms with Gasteiger partial charge in [0.25, 0.3) is 0 Å². The van der Waals surface area contributed by atoms with Crippen molar-refractivity contribution in [3.63, 3.8) is 0 Å². The molecule has 1 aliphatic heterocycles. The van der Waals surface area contributed by atoms with Crippen LogP contribution in [0.1, 0.15) is 5.56 Å². The standard InChI is InChI=1S/C15H15NS.HI/c1-3-7-13(8-4-1)15-16-11-12-17(15)14-9-5-2-6-10-14;/h1-10,16H,11-12H2;1H. The van der Waals surface area contributed by atoms with E-state index in [1.165, 1.54) is 21.2 Å². The molecular formula is C15H16INS. The topological polar surface area (TPSA) is 12.0 Å². The van der Waals surface area contributed by atoms with Crippen LogP contribution in [0.5, 0.6) is 0 Å². The van der Waals surface area contributed by atoms with Gasteiger partial charge in [0.15, 0.2) is 0 Å². The predicted octanol–water partition coefficient (Wildman–Crippen LogP) is 3.71. The molecule has 0 radical (unpaired) electrons. The molecule has 0 spiro atoms. The van der Waals surface area contributed by atoms with Crippen LogP contribution < -0.4 is 5.32 Å². The summed E-state index contributed by atoms with van der Waals surface area (Å²) in [6, 6.07) is 21.5. The Labute approximate surface area is 128 Å². The average Bonchev–Trinajstić information content (AvgIpc) is 2.90. The van der Waals surface area contributed by atoms with E-state index in [2.05, 4.69) is 66.0 Å². The fourth-order valence-electron chi connectivity index (χ4n) is 2.11. The minimum atomic E-state index is 0. The highest BCUT2D eigenvalue weighted by Gasteiger charge is 2.15. The van der Waals surface area contributed by atoms with Crippen molar-refractivity contribution in [2.75, 3.05) is 12.3 Å². The first-order chi connectivity index (χ1) is 8.45. The van der Waals surface area contributed by atoms with Crippen LogP contribution in [0.2, 0.25) is 0 Å². The first kappa shape index (κ1) is 13.8. The Kier molecular flexibility index (Phi) is 4.97. The minimum absolute atomic E-state index is 0. The molecule has 94 valence electrons. The Bertz CT molecular complexity index is 487. The zero-order chi connectivity index (χ0) is 11.5. The second kappa shape index (κ2) is 6.50. The summed E-state index contributed by atoms with van der Waals surface area (Å²) in [6.07, 6.45) is 0. The number of hydrogen-bond acceptors (Lipinski definition) is 1. The molecule has 1 atom stereocenters. The second-order valence-electron chi connectivity index (χ2n) is 4.03. The van der Waals surface area contributed by atoms with Gasteiger partial charge in [0.05, 0.1) is 4.99 Å². The van der Waals surface area contributed by atoms with Gasteiger partial charge >= 0.3 is 0 Å². The number of rotatable bonds is 2. The van der Waals surface area contributed by atoms with E-state index < -0.39 is 0 Å². The van der Waals surface area contributed by atoms with E-state index in [0.29, 0.717) is 0 Å². The van der Waals surface area contributed by atoms with Gasteiger partial charge in [-0.3, -0.25) is 5.32 Å². The molecule has 0 aliphatic carbocycles. The zero-order valence-electron chi connectivity index (χ0n) is 10.0. The Hall–Kier alpha value is -0.650. The minimum Gasteiger partial charge on any atom is -0.282 e. The zero-order valence-corrected chi connectivity index (χ0v) is 13.2. The molecule has 0 fully saturated rings. The van der Waals surface area contributed by atoms with E-state index in [1.807, 2.05) is 0 Å². The van der Waals surface area contributed by atoms with Crippen molar-refractivity contribution < 1.29 is 0 Å². The van der Waals surface area contributed by atoms with Gasteiger partial charge in [-0.25, -0.2) is 0 Å². The van der Waals surface area contributed by atoms with Crippen molar-refractivity contribution in [2.24, 2.45) is 0 Å². The van der Waals surface area contributed by atoms with Crippen LogP contribution >= 0.6 is 34.5 Å². The maximum absolute atomic E-state index is 3.55. The summed E-state index contributed by atoms with van der Waals surface area (Å²) in [7, 11) is 0.226. The van der Waals surface area contributed by atoms with Gasteiger partial charge in [-0.2, -0.15) is 0 Å². The van der Waals surface area contributed by atoms with Crippen LogP contribution in [-0.2, 0) is 0 Å². The lowest BCUT2D eigenvalue weighted by atomic mass is 10.2. The fraction of sp³-hybridized carbons (Fsp3) is 0.133. The smallest absolute Gasteiger partial charge is 0.0508 e. The molecule has 18 heavy (non-hydrogen) atoms. The molecular weight excluding hydrogens is 353 g/mol. The van der Waals surface area contributed by atoms with Crippen LogP contribution in [0.25, 0.3) is 0 Å². The van der Waals surface area contributed by atoms with Gasteiger partial charge in [0.2, 0.25) is 0 Å². The quantitative estimate of drug-likeness (QED) is 0.629. The molecule has 0 aromatic heterocycles. The van der Waals surface area contributed by atoms with Gasteiger partial charge in [-0.05, 0) is 17.7 Å². The van der Waals surface area contributed by atoms with Gasteiger partial charge in [0, 0.05) is 17.2 Å². The molecule has 2 aromatic carbocycles. The van der Waals surface area contributed by atoms with Crippen molar-refractivity contribution in [3.8, 4) is 0 Å². The Morgan fingerprint density at radius 2 is 1.44 bits per heavy atom. The Balaban J connectivity index is 0.00000120. The van der Waals surface area contributed by atoms with Crippen molar-refractivity contribution >= 4 is 39.4 Å². The lowest BCUT2D eigenvalue weighted by Gasteiger charge is -2.08. The second-order valence-corrected chi connectivity index (χ2v) is 6.10. The first-order valence-corrected chi connectivity index (χ1v) is 7.27. The van der Waals surface area contributed by atoms with Crippen molar-refractivity contribution in [1.29, 1.82) is 0 Å². The van der Waals surface area contributed by atoms with E-state index in [9.17, 15) is 0 Å². The fourth-order valence-corrected chi connectivity index (χ4v) is 4.27. The third-order valence-electron chi connectivity index (χ3n) is 2.90. The summed E-state index contributed by atoms with van der Waals surface area (Å²) in [5.74, 6) is 1.22. The maximum Gasteiger partial charge on any atom is 0.0508 e. The number of benzene rings is 2. The molecule has 1 aliphatic rings. The first-order valence-electron chi connectivity index (χ1n) is 5.87. The SMILES string of the molecule is I.c1ccc(C2=S(c3ccccc3)CCN2)cc1. The monoisotopic (exact) mass is 369 g/mol. The molecule has 2 aromatic rings. The largest absolute Gasteiger partial charge is 0.282 e. The summed E-state index contributed by atoms with van der Waals surface area (Å²) in [5.41, 5.74) is 1.33. The van der Waals surface area contributed by atoms with Gasteiger partial charge in [-0.15, -0.1) is 34.5 Å². The van der Waals surface area contributed by atoms with E-state index in [-0.39, 0.29) is 34.5 Å². The predicted molar refractivity (Wildman–Crippen MR) is 91.1 cm³/mol. The van der Waals surface area contributed by atoms with Crippen molar-refractivity contribution in [2.45, 2.75) is 4.90 Å². The number of nitrogens with one attached hydrogen (secondary N) is 1. The number of hydrogen-bond donors (Lipinski definition) is 1.